The van der Waals surface area contributed by atoms with Crippen LogP contribution in [-0.2, 0) is 4.79 Å². The molecule has 7 heteroatoms. The smallest absolute Gasteiger partial charge is 0.216 e. The predicted octanol–water partition coefficient (Wildman–Crippen LogP) is 5.48. The van der Waals surface area contributed by atoms with Gasteiger partial charge in [0.15, 0.2) is 0 Å². The van der Waals surface area contributed by atoms with E-state index in [0.29, 0.717) is 23.6 Å². The fraction of sp³-hybridized carbons (Fsp3) is 0.423. The van der Waals surface area contributed by atoms with Crippen molar-refractivity contribution in [2.45, 2.75) is 57.3 Å². The average molecular weight is 460 g/mol. The summed E-state index contributed by atoms with van der Waals surface area (Å²) < 4.78 is 3.56. The summed E-state index contributed by atoms with van der Waals surface area (Å²) in [5.74, 6) is 3.33. The molecule has 2 aliphatic carbocycles. The molecule has 3 aromatic heterocycles. The van der Waals surface area contributed by atoms with Crippen molar-refractivity contribution in [2.75, 3.05) is 12.3 Å². The monoisotopic (exact) mass is 459 g/mol. The first-order chi connectivity index (χ1) is 16.1. The highest BCUT2D eigenvalue weighted by Gasteiger charge is 2.29. The number of hydrogen-bond donors (Lipinski definition) is 2. The van der Waals surface area contributed by atoms with E-state index in [9.17, 15) is 4.79 Å². The second-order valence-electron chi connectivity index (χ2n) is 9.65. The summed E-state index contributed by atoms with van der Waals surface area (Å²) in [4.78, 5) is 22.0. The average Bonchev–Trinajstić information content (AvgIpc) is 3.44. The Kier molecular flexibility index (Phi) is 5.09. The summed E-state index contributed by atoms with van der Waals surface area (Å²) >= 11 is 1.84. The van der Waals surface area contributed by atoms with Crippen LogP contribution in [0.2, 0.25) is 0 Å². The van der Waals surface area contributed by atoms with Crippen molar-refractivity contribution in [3.63, 3.8) is 0 Å². The molecule has 6 nitrogen and oxygen atoms in total. The maximum Gasteiger partial charge on any atom is 0.216 e. The fourth-order valence-corrected chi connectivity index (χ4v) is 6.62. The molecule has 0 unspecified atom stereocenters. The SMILES string of the molecule is CC(=O)NCC1CCC(c2nc(-c3cc4cccc(C5CC5)c4s3)c3c(N)nccn23)CC1. The molecule has 0 atom stereocenters. The van der Waals surface area contributed by atoms with Gasteiger partial charge in [-0.15, -0.1) is 11.3 Å². The number of fused-ring (bicyclic) bond motifs is 2. The molecule has 4 aromatic rings. The van der Waals surface area contributed by atoms with Crippen LogP contribution in [0.5, 0.6) is 0 Å². The molecule has 170 valence electrons. The van der Waals surface area contributed by atoms with Crippen molar-refractivity contribution in [1.29, 1.82) is 0 Å². The van der Waals surface area contributed by atoms with Gasteiger partial charge in [0.25, 0.3) is 0 Å². The van der Waals surface area contributed by atoms with Crippen LogP contribution in [0.1, 0.15) is 68.7 Å². The Balaban J connectivity index is 1.37. The van der Waals surface area contributed by atoms with Crippen molar-refractivity contribution in [2.24, 2.45) is 5.92 Å². The van der Waals surface area contributed by atoms with Crippen molar-refractivity contribution in [3.8, 4) is 10.6 Å². The molecule has 0 bridgehead atoms. The summed E-state index contributed by atoms with van der Waals surface area (Å²) in [6, 6.07) is 8.94. The molecule has 2 fully saturated rings. The van der Waals surface area contributed by atoms with Gasteiger partial charge in [0.05, 0.1) is 4.88 Å². The molecule has 3 N–H and O–H groups in total. The molecule has 0 radical (unpaired) electrons. The Morgan fingerprint density at radius 1 is 1.18 bits per heavy atom. The maximum atomic E-state index is 11.3. The zero-order valence-corrected chi connectivity index (χ0v) is 19.7. The number of anilines is 1. The quantitative estimate of drug-likeness (QED) is 0.414. The Morgan fingerprint density at radius 2 is 1.97 bits per heavy atom. The van der Waals surface area contributed by atoms with Crippen molar-refractivity contribution >= 4 is 38.7 Å². The number of thiophene rings is 1. The molecule has 33 heavy (non-hydrogen) atoms. The second-order valence-corrected chi connectivity index (χ2v) is 10.7. The fourth-order valence-electron chi connectivity index (χ4n) is 5.38. The van der Waals surface area contributed by atoms with Gasteiger partial charge in [-0.1, -0.05) is 18.2 Å². The van der Waals surface area contributed by atoms with Crippen LogP contribution in [0.15, 0.2) is 36.7 Å². The number of nitrogens with one attached hydrogen (secondary N) is 1. The Bertz CT molecular complexity index is 1340. The number of nitrogen functional groups attached to an aromatic ring is 1. The van der Waals surface area contributed by atoms with Crippen LogP contribution >= 0.6 is 11.3 Å². The topological polar surface area (TPSA) is 85.3 Å². The Morgan fingerprint density at radius 3 is 2.73 bits per heavy atom. The van der Waals surface area contributed by atoms with Crippen molar-refractivity contribution in [1.82, 2.24) is 19.7 Å². The number of benzene rings is 1. The first kappa shape index (κ1) is 20.7. The molecular weight excluding hydrogens is 430 g/mol. The number of hydrogen-bond acceptors (Lipinski definition) is 5. The minimum absolute atomic E-state index is 0.0529. The zero-order valence-electron chi connectivity index (χ0n) is 18.9. The number of carbonyl (C=O) groups is 1. The first-order valence-corrected chi connectivity index (χ1v) is 12.8. The lowest BCUT2D eigenvalue weighted by Gasteiger charge is -2.27. The number of carbonyl (C=O) groups excluding carboxylic acids is 1. The van der Waals surface area contributed by atoms with Crippen LogP contribution in [0.3, 0.4) is 0 Å². The van der Waals surface area contributed by atoms with Gasteiger partial charge in [0.1, 0.15) is 22.9 Å². The van der Waals surface area contributed by atoms with E-state index in [0.717, 1.165) is 49.3 Å². The van der Waals surface area contributed by atoms with E-state index in [-0.39, 0.29) is 5.91 Å². The van der Waals surface area contributed by atoms with E-state index in [1.807, 2.05) is 17.5 Å². The van der Waals surface area contributed by atoms with Gasteiger partial charge < -0.3 is 11.1 Å². The molecule has 2 aliphatic rings. The normalized spacial score (nSPS) is 21.0. The molecule has 1 amide bonds. The van der Waals surface area contributed by atoms with Crippen LogP contribution in [-0.4, -0.2) is 26.8 Å². The van der Waals surface area contributed by atoms with Gasteiger partial charge in [-0.2, -0.15) is 0 Å². The molecular formula is C26H29N5OS. The third-order valence-corrected chi connectivity index (χ3v) is 8.49. The number of nitrogens with two attached hydrogens (primary N) is 1. The lowest BCUT2D eigenvalue weighted by Crippen LogP contribution is -2.29. The van der Waals surface area contributed by atoms with Crippen molar-refractivity contribution < 1.29 is 4.79 Å². The molecule has 1 aromatic carbocycles. The molecule has 0 spiro atoms. The third kappa shape index (κ3) is 3.78. The molecule has 0 saturated heterocycles. The summed E-state index contributed by atoms with van der Waals surface area (Å²) in [6.45, 7) is 2.36. The number of rotatable bonds is 5. The van der Waals surface area contributed by atoms with Gasteiger partial charge in [-0.25, -0.2) is 9.97 Å². The van der Waals surface area contributed by atoms with E-state index in [1.54, 1.807) is 13.1 Å². The van der Waals surface area contributed by atoms with Crippen LogP contribution < -0.4 is 11.1 Å². The highest BCUT2D eigenvalue weighted by Crippen LogP contribution is 2.47. The van der Waals surface area contributed by atoms with E-state index in [2.05, 4.69) is 39.0 Å². The molecule has 3 heterocycles. The highest BCUT2D eigenvalue weighted by molar-refractivity contribution is 7.22. The van der Waals surface area contributed by atoms with Gasteiger partial charge in [0, 0.05) is 36.5 Å². The summed E-state index contributed by atoms with van der Waals surface area (Å²) in [5, 5.41) is 4.27. The number of amides is 1. The van der Waals surface area contributed by atoms with E-state index >= 15 is 0 Å². The second kappa shape index (κ2) is 8.13. The molecule has 6 rings (SSSR count). The highest BCUT2D eigenvalue weighted by atomic mass is 32.1. The van der Waals surface area contributed by atoms with E-state index in [1.165, 1.54) is 33.4 Å². The van der Waals surface area contributed by atoms with Gasteiger partial charge in [-0.05, 0) is 67.4 Å². The van der Waals surface area contributed by atoms with E-state index < -0.39 is 0 Å². The van der Waals surface area contributed by atoms with E-state index in [4.69, 9.17) is 10.7 Å². The lowest BCUT2D eigenvalue weighted by molar-refractivity contribution is -0.119. The largest absolute Gasteiger partial charge is 0.382 e. The van der Waals surface area contributed by atoms with Crippen molar-refractivity contribution in [3.05, 3.63) is 48.0 Å². The summed E-state index contributed by atoms with van der Waals surface area (Å²) in [6.07, 6.45) is 10.7. The predicted molar refractivity (Wildman–Crippen MR) is 134 cm³/mol. The Labute approximate surface area is 197 Å². The summed E-state index contributed by atoms with van der Waals surface area (Å²) in [7, 11) is 0. The number of nitrogens with zero attached hydrogens (tertiary/aromatic N) is 3. The molecule has 0 aliphatic heterocycles. The first-order valence-electron chi connectivity index (χ1n) is 12.0. The van der Waals surface area contributed by atoms with Gasteiger partial charge in [0.2, 0.25) is 5.91 Å². The van der Waals surface area contributed by atoms with Crippen LogP contribution in [0.4, 0.5) is 5.82 Å². The zero-order chi connectivity index (χ0) is 22.5. The number of aromatic nitrogens is 3. The standard InChI is InChI=1S/C26H29N5OS/c1-15(32)29-14-16-5-7-18(8-6-16)26-30-22(23-25(27)28-11-12-31(23)26)21-13-19-3-2-4-20(17-9-10-17)24(19)33-21/h2-4,11-13,16-18H,5-10,14H2,1H3,(H2,27,28)(H,29,32). The number of imidazole rings is 1. The maximum absolute atomic E-state index is 11.3. The van der Waals surface area contributed by atoms with Gasteiger partial charge in [-0.3, -0.25) is 9.20 Å². The lowest BCUT2D eigenvalue weighted by atomic mass is 9.81. The third-order valence-electron chi connectivity index (χ3n) is 7.29. The van der Waals surface area contributed by atoms with Gasteiger partial charge >= 0.3 is 0 Å². The minimum atomic E-state index is 0.0529. The summed E-state index contributed by atoms with van der Waals surface area (Å²) in [5.41, 5.74) is 9.77. The molecule has 2 saturated carbocycles. The minimum Gasteiger partial charge on any atom is -0.382 e. The van der Waals surface area contributed by atoms with Crippen LogP contribution in [0, 0.1) is 5.92 Å². The van der Waals surface area contributed by atoms with Crippen LogP contribution in [0.25, 0.3) is 26.2 Å². The Hall–Kier alpha value is -2.93.